The second-order valence-electron chi connectivity index (χ2n) is 8.12. The van der Waals surface area contributed by atoms with Crippen molar-refractivity contribution in [2.24, 2.45) is 5.41 Å². The van der Waals surface area contributed by atoms with E-state index in [0.717, 1.165) is 17.9 Å². The highest BCUT2D eigenvalue weighted by Gasteiger charge is 2.65. The number of hydroxylamine groups is 2. The van der Waals surface area contributed by atoms with Crippen LogP contribution in [0.1, 0.15) is 43.1 Å². The van der Waals surface area contributed by atoms with Gasteiger partial charge in [0, 0.05) is 6.54 Å². The van der Waals surface area contributed by atoms with Crippen LogP contribution >= 0.6 is 0 Å². The fourth-order valence-electron chi connectivity index (χ4n) is 4.65. The topological polar surface area (TPSA) is 177 Å². The minimum absolute atomic E-state index is 0.249. The molecule has 1 aromatic rings. The van der Waals surface area contributed by atoms with Gasteiger partial charge in [0.05, 0.1) is 19.3 Å². The van der Waals surface area contributed by atoms with Gasteiger partial charge in [-0.1, -0.05) is 0 Å². The smallest absolute Gasteiger partial charge is 0.418 e. The first kappa shape index (κ1) is 19.5. The normalized spacial score (nSPS) is 29.8. The molecule has 15 heteroatoms. The minimum Gasteiger partial charge on any atom is -0.421 e. The van der Waals surface area contributed by atoms with E-state index in [1.807, 2.05) is 0 Å². The van der Waals surface area contributed by atoms with Gasteiger partial charge in [0.1, 0.15) is 12.1 Å². The molecular formula is C15H22N8O6S. The molecule has 164 valence electrons. The lowest BCUT2D eigenvalue weighted by Gasteiger charge is -2.34. The average Bonchev–Trinajstić information content (AvgIpc) is 3.02. The molecule has 1 aliphatic carbocycles. The summed E-state index contributed by atoms with van der Waals surface area (Å²) in [5.74, 6) is 0.828. The zero-order chi connectivity index (χ0) is 21.3. The summed E-state index contributed by atoms with van der Waals surface area (Å²) in [6, 6.07) is -1.97. The molecule has 3 atom stereocenters. The molecule has 4 fully saturated rings. The van der Waals surface area contributed by atoms with Crippen LogP contribution in [0.15, 0.2) is 4.42 Å². The Bertz CT molecular complexity index is 993. The van der Waals surface area contributed by atoms with E-state index >= 15 is 0 Å². The van der Waals surface area contributed by atoms with E-state index < -0.39 is 28.5 Å². The summed E-state index contributed by atoms with van der Waals surface area (Å²) in [6.07, 6.45) is 2.15. The molecule has 0 aromatic carbocycles. The Labute approximate surface area is 171 Å². The molecule has 30 heavy (non-hydrogen) atoms. The first-order chi connectivity index (χ1) is 14.2. The van der Waals surface area contributed by atoms with Crippen LogP contribution < -0.4 is 10.6 Å². The Morgan fingerprint density at radius 2 is 2.10 bits per heavy atom. The van der Waals surface area contributed by atoms with Crippen LogP contribution in [0.25, 0.3) is 0 Å². The summed E-state index contributed by atoms with van der Waals surface area (Å²) in [5.41, 5.74) is -0.302. The fraction of sp³-hybridized carbons (Fsp3) is 0.733. The second kappa shape index (κ2) is 6.50. The number of guanidine groups is 1. The van der Waals surface area contributed by atoms with Crippen molar-refractivity contribution in [2.75, 3.05) is 26.8 Å². The summed E-state index contributed by atoms with van der Waals surface area (Å²) in [5, 5.41) is 23.0. The number of carbonyl (C=O) groups excluding carboxylic acids is 1. The van der Waals surface area contributed by atoms with Crippen molar-refractivity contribution in [3.8, 4) is 0 Å². The van der Waals surface area contributed by atoms with Crippen molar-refractivity contribution in [3.05, 3.63) is 11.8 Å². The predicted octanol–water partition coefficient (Wildman–Crippen LogP) is -0.807. The Balaban J connectivity index is 1.38. The standard InChI is InChI=1S/C15H22N8O6S/c1-17-7-21-5-8(18-13(21)16)11-19-20-12(28-11)9-4-15(2-3-15)10-6-22(9)14(24)23(10)29-30(25,26)27/h8-10,17H,2-7H2,1H3,(H2,16,18)(H,25,26,27)/t8?,9-,10-/m0/s1. The number of nitrogens with one attached hydrogen (secondary N) is 3. The predicted molar refractivity (Wildman–Crippen MR) is 97.9 cm³/mol. The number of carbonyl (C=O) groups is 1. The molecule has 4 aliphatic rings. The van der Waals surface area contributed by atoms with Gasteiger partial charge in [-0.2, -0.15) is 13.5 Å². The quantitative estimate of drug-likeness (QED) is 0.405. The number of hydrogen-bond acceptors (Lipinski definition) is 9. The molecule has 1 unspecified atom stereocenters. The lowest BCUT2D eigenvalue weighted by Crippen LogP contribution is -2.43. The molecule has 1 aromatic heterocycles. The zero-order valence-electron chi connectivity index (χ0n) is 16.1. The number of fused-ring (bicyclic) bond motifs is 3. The first-order valence-corrected chi connectivity index (χ1v) is 10.9. The Hall–Kier alpha value is -2.49. The molecule has 0 radical (unpaired) electrons. The van der Waals surface area contributed by atoms with E-state index in [0.29, 0.717) is 25.5 Å². The number of amides is 2. The number of rotatable bonds is 6. The summed E-state index contributed by atoms with van der Waals surface area (Å²) < 4.78 is 41.9. The van der Waals surface area contributed by atoms with E-state index in [1.54, 1.807) is 11.9 Å². The fourth-order valence-corrected chi connectivity index (χ4v) is 5.02. The zero-order valence-corrected chi connectivity index (χ0v) is 16.9. The molecule has 1 saturated carbocycles. The van der Waals surface area contributed by atoms with Gasteiger partial charge in [-0.15, -0.1) is 14.5 Å². The van der Waals surface area contributed by atoms with E-state index in [9.17, 15) is 13.2 Å². The minimum atomic E-state index is -4.82. The average molecular weight is 442 g/mol. The third kappa shape index (κ3) is 3.08. The van der Waals surface area contributed by atoms with Crippen molar-refractivity contribution >= 4 is 22.4 Å². The van der Waals surface area contributed by atoms with E-state index in [-0.39, 0.29) is 29.9 Å². The van der Waals surface area contributed by atoms with Crippen molar-refractivity contribution in [2.45, 2.75) is 37.4 Å². The van der Waals surface area contributed by atoms with E-state index in [2.05, 4.69) is 25.1 Å². The molecule has 3 aliphatic heterocycles. The number of nitrogens with zero attached hydrogens (tertiary/aromatic N) is 5. The van der Waals surface area contributed by atoms with Crippen molar-refractivity contribution in [3.63, 3.8) is 0 Å². The molecular weight excluding hydrogens is 420 g/mol. The van der Waals surface area contributed by atoms with Crippen LogP contribution in [0.4, 0.5) is 4.79 Å². The molecule has 3 saturated heterocycles. The maximum absolute atomic E-state index is 12.8. The van der Waals surface area contributed by atoms with Crippen molar-refractivity contribution in [1.29, 1.82) is 5.41 Å². The van der Waals surface area contributed by atoms with Crippen LogP contribution in [0, 0.1) is 10.8 Å². The third-order valence-corrected chi connectivity index (χ3v) is 6.60. The number of hydrogen-bond donors (Lipinski definition) is 4. The lowest BCUT2D eigenvalue weighted by molar-refractivity contribution is -0.0530. The maximum Gasteiger partial charge on any atom is 0.418 e. The summed E-state index contributed by atoms with van der Waals surface area (Å²) >= 11 is 0. The summed E-state index contributed by atoms with van der Waals surface area (Å²) in [7, 11) is -3.03. The molecule has 5 rings (SSSR count). The summed E-state index contributed by atoms with van der Waals surface area (Å²) in [6.45, 7) is 1.23. The molecule has 2 bridgehead atoms. The van der Waals surface area contributed by atoms with Crippen LogP contribution in [-0.4, -0.2) is 82.9 Å². The Kier molecular flexibility index (Phi) is 4.22. The lowest BCUT2D eigenvalue weighted by atomic mass is 9.85. The van der Waals surface area contributed by atoms with Crippen LogP contribution in [0.2, 0.25) is 0 Å². The number of aromatic nitrogens is 2. The van der Waals surface area contributed by atoms with Gasteiger partial charge < -0.3 is 24.9 Å². The molecule has 1 spiro atoms. The number of urea groups is 1. The SMILES string of the molecule is CNCN1CC(c2nnc([C@@H]3CC4(CC4)[C@@H]4CN3C(=O)N4OS(=O)(=O)O)o2)NC1=N. The van der Waals surface area contributed by atoms with Crippen LogP contribution in [0.5, 0.6) is 0 Å². The first-order valence-electron chi connectivity index (χ1n) is 9.55. The highest BCUT2D eigenvalue weighted by molar-refractivity contribution is 7.80. The van der Waals surface area contributed by atoms with Gasteiger partial charge in [-0.3, -0.25) is 9.96 Å². The van der Waals surface area contributed by atoms with Gasteiger partial charge >= 0.3 is 16.4 Å². The number of piperidine rings is 1. The third-order valence-electron chi connectivity index (χ3n) is 6.26. The van der Waals surface area contributed by atoms with E-state index in [4.69, 9.17) is 14.4 Å². The van der Waals surface area contributed by atoms with Gasteiger partial charge in [-0.25, -0.2) is 4.79 Å². The molecule has 14 nitrogen and oxygen atoms in total. The van der Waals surface area contributed by atoms with Crippen molar-refractivity contribution < 1.29 is 26.5 Å². The van der Waals surface area contributed by atoms with E-state index in [1.165, 1.54) is 4.90 Å². The monoisotopic (exact) mass is 442 g/mol. The Morgan fingerprint density at radius 1 is 1.37 bits per heavy atom. The van der Waals surface area contributed by atoms with Gasteiger partial charge in [-0.05, 0) is 31.7 Å². The molecule has 4 heterocycles. The van der Waals surface area contributed by atoms with Crippen molar-refractivity contribution in [1.82, 2.24) is 35.7 Å². The van der Waals surface area contributed by atoms with Crippen LogP contribution in [-0.2, 0) is 14.7 Å². The van der Waals surface area contributed by atoms with Gasteiger partial charge in [0.25, 0.3) is 0 Å². The van der Waals surface area contributed by atoms with Gasteiger partial charge in [0.2, 0.25) is 11.8 Å². The molecule has 2 amide bonds. The second-order valence-corrected chi connectivity index (χ2v) is 9.12. The largest absolute Gasteiger partial charge is 0.421 e. The summed E-state index contributed by atoms with van der Waals surface area (Å²) in [4.78, 5) is 16.0. The van der Waals surface area contributed by atoms with Gasteiger partial charge in [0.15, 0.2) is 5.96 Å². The molecule has 4 N–H and O–H groups in total. The Morgan fingerprint density at radius 3 is 2.77 bits per heavy atom. The highest BCUT2D eigenvalue weighted by Crippen LogP contribution is 2.61. The van der Waals surface area contributed by atoms with Crippen LogP contribution in [0.3, 0.4) is 0 Å². The maximum atomic E-state index is 12.8. The highest BCUT2D eigenvalue weighted by atomic mass is 32.3.